The third-order valence-corrected chi connectivity index (χ3v) is 2.95. The zero-order chi connectivity index (χ0) is 10.6. The Hall–Kier alpha value is -1.23. The predicted octanol–water partition coefficient (Wildman–Crippen LogP) is 2.03. The Morgan fingerprint density at radius 3 is 2.93 bits per heavy atom. The van der Waals surface area contributed by atoms with Crippen molar-refractivity contribution in [2.45, 2.75) is 17.9 Å². The van der Waals surface area contributed by atoms with Gasteiger partial charge >= 0.3 is 0 Å². The largest absolute Gasteiger partial charge is 0.399 e. The summed E-state index contributed by atoms with van der Waals surface area (Å²) in [7, 11) is 0. The lowest BCUT2D eigenvalue weighted by atomic mass is 10.3. The van der Waals surface area contributed by atoms with E-state index < -0.39 is 6.04 Å². The first-order chi connectivity index (χ1) is 6.59. The van der Waals surface area contributed by atoms with E-state index in [4.69, 9.17) is 5.73 Å². The molecule has 2 N–H and O–H groups in total. The van der Waals surface area contributed by atoms with Gasteiger partial charge in [0.25, 0.3) is 0 Å². The van der Waals surface area contributed by atoms with Crippen molar-refractivity contribution in [3.05, 3.63) is 34.4 Å². The fourth-order valence-electron chi connectivity index (χ4n) is 0.882. The van der Waals surface area contributed by atoms with E-state index in [1.54, 1.807) is 13.0 Å². The minimum Gasteiger partial charge on any atom is -0.399 e. The minimum absolute atomic E-state index is 0.278. The number of nitrogen functional groups attached to an aromatic ring is 1. The molecule has 1 rings (SSSR count). The molecule has 0 aliphatic heterocycles. The van der Waals surface area contributed by atoms with Crippen molar-refractivity contribution in [1.29, 1.82) is 0 Å². The molecule has 1 aromatic carbocycles. The molecular weight excluding hydrogens is 200 g/mol. The number of nitro groups is 1. The van der Waals surface area contributed by atoms with Crippen molar-refractivity contribution in [3.63, 3.8) is 0 Å². The van der Waals surface area contributed by atoms with E-state index in [9.17, 15) is 10.1 Å². The molecule has 14 heavy (non-hydrogen) atoms. The van der Waals surface area contributed by atoms with Crippen molar-refractivity contribution >= 4 is 17.4 Å². The summed E-state index contributed by atoms with van der Waals surface area (Å²) in [6.07, 6.45) is 0. The van der Waals surface area contributed by atoms with E-state index in [2.05, 4.69) is 0 Å². The molecular formula is C9H12N2O2S. The van der Waals surface area contributed by atoms with Crippen LogP contribution in [0.4, 0.5) is 5.69 Å². The van der Waals surface area contributed by atoms with Gasteiger partial charge in [0.2, 0.25) is 6.04 Å². The van der Waals surface area contributed by atoms with Gasteiger partial charge in [-0.05, 0) is 18.2 Å². The van der Waals surface area contributed by atoms with Crippen LogP contribution in [-0.4, -0.2) is 16.7 Å². The van der Waals surface area contributed by atoms with E-state index in [0.29, 0.717) is 11.4 Å². The second-order valence-corrected chi connectivity index (χ2v) is 4.11. The van der Waals surface area contributed by atoms with Crippen LogP contribution in [0.1, 0.15) is 6.92 Å². The number of rotatable bonds is 4. The lowest BCUT2D eigenvalue weighted by Gasteiger charge is -2.04. The number of benzene rings is 1. The molecule has 0 radical (unpaired) electrons. The Balaban J connectivity index is 2.49. The van der Waals surface area contributed by atoms with Crippen LogP contribution in [0, 0.1) is 10.1 Å². The van der Waals surface area contributed by atoms with E-state index in [-0.39, 0.29) is 4.92 Å². The van der Waals surface area contributed by atoms with Crippen molar-refractivity contribution < 1.29 is 4.92 Å². The Kier molecular flexibility index (Phi) is 3.76. The Bertz CT molecular complexity index is 330. The summed E-state index contributed by atoms with van der Waals surface area (Å²) in [6.45, 7) is 1.60. The number of nitrogens with two attached hydrogens (primary N) is 1. The summed E-state index contributed by atoms with van der Waals surface area (Å²) in [5.74, 6) is 0.469. The molecule has 5 heteroatoms. The maximum absolute atomic E-state index is 10.4. The van der Waals surface area contributed by atoms with Gasteiger partial charge in [-0.3, -0.25) is 10.1 Å². The first-order valence-corrected chi connectivity index (χ1v) is 5.20. The third-order valence-electron chi connectivity index (χ3n) is 1.71. The van der Waals surface area contributed by atoms with Crippen molar-refractivity contribution in [1.82, 2.24) is 0 Å². The Morgan fingerprint density at radius 1 is 1.64 bits per heavy atom. The molecule has 0 amide bonds. The van der Waals surface area contributed by atoms with Gasteiger partial charge in [0, 0.05) is 22.4 Å². The van der Waals surface area contributed by atoms with Crippen LogP contribution in [0.3, 0.4) is 0 Å². The molecule has 0 saturated carbocycles. The van der Waals surface area contributed by atoms with E-state index in [1.165, 1.54) is 11.8 Å². The molecule has 0 aliphatic rings. The molecule has 1 atom stereocenters. The number of thioether (sulfide) groups is 1. The zero-order valence-corrected chi connectivity index (χ0v) is 8.66. The summed E-state index contributed by atoms with van der Waals surface area (Å²) in [6, 6.07) is 6.82. The van der Waals surface area contributed by atoms with Gasteiger partial charge in [0.15, 0.2) is 0 Å². The number of hydrogen-bond acceptors (Lipinski definition) is 4. The summed E-state index contributed by atoms with van der Waals surface area (Å²) in [5, 5.41) is 10.4. The second-order valence-electron chi connectivity index (χ2n) is 3.02. The van der Waals surface area contributed by atoms with Gasteiger partial charge < -0.3 is 5.73 Å². The molecule has 0 aromatic heterocycles. The molecule has 0 fully saturated rings. The third kappa shape index (κ3) is 3.26. The van der Waals surface area contributed by atoms with Gasteiger partial charge in [-0.25, -0.2) is 0 Å². The lowest BCUT2D eigenvalue weighted by molar-refractivity contribution is -0.511. The zero-order valence-electron chi connectivity index (χ0n) is 7.84. The van der Waals surface area contributed by atoms with E-state index in [0.717, 1.165) is 4.90 Å². The fourth-order valence-corrected chi connectivity index (χ4v) is 1.83. The highest BCUT2D eigenvalue weighted by Crippen LogP contribution is 2.21. The van der Waals surface area contributed by atoms with Crippen molar-refractivity contribution in [2.75, 3.05) is 11.5 Å². The van der Waals surface area contributed by atoms with Gasteiger partial charge in [-0.2, -0.15) is 0 Å². The molecule has 4 nitrogen and oxygen atoms in total. The average molecular weight is 212 g/mol. The highest BCUT2D eigenvalue weighted by atomic mass is 32.2. The number of anilines is 1. The molecule has 76 valence electrons. The SMILES string of the molecule is CC(CSc1cccc(N)c1)[N+](=O)[O-]. The van der Waals surface area contributed by atoms with Gasteiger partial charge in [0.1, 0.15) is 0 Å². The van der Waals surface area contributed by atoms with E-state index >= 15 is 0 Å². The summed E-state index contributed by atoms with van der Waals surface area (Å²) < 4.78 is 0. The van der Waals surface area contributed by atoms with Gasteiger partial charge in [-0.1, -0.05) is 6.07 Å². The van der Waals surface area contributed by atoms with Crippen LogP contribution in [0.15, 0.2) is 29.2 Å². The highest BCUT2D eigenvalue weighted by Gasteiger charge is 2.12. The molecule has 0 saturated heterocycles. The van der Waals surface area contributed by atoms with Crippen LogP contribution in [-0.2, 0) is 0 Å². The van der Waals surface area contributed by atoms with Crippen LogP contribution in [0.2, 0.25) is 0 Å². The Morgan fingerprint density at radius 2 is 2.36 bits per heavy atom. The molecule has 1 aromatic rings. The average Bonchev–Trinajstić information content (AvgIpc) is 2.14. The van der Waals surface area contributed by atoms with Crippen LogP contribution >= 0.6 is 11.8 Å². The second kappa shape index (κ2) is 4.85. The molecule has 0 bridgehead atoms. The highest BCUT2D eigenvalue weighted by molar-refractivity contribution is 7.99. The summed E-state index contributed by atoms with van der Waals surface area (Å²) in [5.41, 5.74) is 6.26. The molecule has 0 spiro atoms. The van der Waals surface area contributed by atoms with Crippen molar-refractivity contribution in [3.8, 4) is 0 Å². The topological polar surface area (TPSA) is 69.2 Å². The standard InChI is InChI=1S/C9H12N2O2S/c1-7(11(12)13)6-14-9-4-2-3-8(10)5-9/h2-5,7H,6,10H2,1H3. The number of hydrogen-bond donors (Lipinski definition) is 1. The molecule has 0 aliphatic carbocycles. The first-order valence-electron chi connectivity index (χ1n) is 4.21. The van der Waals surface area contributed by atoms with Gasteiger partial charge in [0.05, 0.1) is 5.75 Å². The minimum atomic E-state index is -0.526. The smallest absolute Gasteiger partial charge is 0.219 e. The quantitative estimate of drug-likeness (QED) is 0.359. The monoisotopic (exact) mass is 212 g/mol. The molecule has 0 heterocycles. The maximum atomic E-state index is 10.4. The van der Waals surface area contributed by atoms with E-state index in [1.807, 2.05) is 18.2 Å². The predicted molar refractivity (Wildman–Crippen MR) is 58.0 cm³/mol. The fraction of sp³-hybridized carbons (Fsp3) is 0.333. The normalized spacial score (nSPS) is 12.4. The van der Waals surface area contributed by atoms with Gasteiger partial charge in [-0.15, -0.1) is 11.8 Å². The first kappa shape index (κ1) is 10.8. The Labute approximate surface area is 86.6 Å². The number of nitrogens with zero attached hydrogens (tertiary/aromatic N) is 1. The molecule has 1 unspecified atom stereocenters. The summed E-state index contributed by atoms with van der Waals surface area (Å²) >= 11 is 1.45. The maximum Gasteiger partial charge on any atom is 0.219 e. The van der Waals surface area contributed by atoms with Crippen LogP contribution in [0.5, 0.6) is 0 Å². The lowest BCUT2D eigenvalue weighted by Crippen LogP contribution is -2.17. The summed E-state index contributed by atoms with van der Waals surface area (Å²) in [4.78, 5) is 11.0. The van der Waals surface area contributed by atoms with Crippen molar-refractivity contribution in [2.24, 2.45) is 0 Å². The van der Waals surface area contributed by atoms with Crippen LogP contribution < -0.4 is 5.73 Å². The van der Waals surface area contributed by atoms with Crippen LogP contribution in [0.25, 0.3) is 0 Å².